The monoisotopic (exact) mass is 369 g/mol. The molecule has 0 aliphatic heterocycles. The highest BCUT2D eigenvalue weighted by atomic mass is 32.2. The van der Waals surface area contributed by atoms with Crippen LogP contribution in [0.1, 0.15) is 32.6 Å². The van der Waals surface area contributed by atoms with Crippen molar-refractivity contribution >= 4 is 21.1 Å². The molecule has 1 aliphatic carbocycles. The molecule has 2 atom stereocenters. The molecule has 0 spiro atoms. The van der Waals surface area contributed by atoms with Gasteiger partial charge in [0.25, 0.3) is 0 Å². The molecular weight excluding hydrogens is 346 g/mol. The number of benzene rings is 2. The van der Waals surface area contributed by atoms with Crippen LogP contribution in [0.2, 0.25) is 0 Å². The zero-order valence-electron chi connectivity index (χ0n) is 14.8. The lowest BCUT2D eigenvalue weighted by Crippen LogP contribution is -2.40. The van der Waals surface area contributed by atoms with Gasteiger partial charge in [-0.3, -0.25) is 0 Å². The Hall–Kier alpha value is -2.18. The normalized spacial score (nSPS) is 21.1. The Labute approximate surface area is 153 Å². The first kappa shape index (κ1) is 17.2. The van der Waals surface area contributed by atoms with E-state index in [0.717, 1.165) is 41.7 Å². The van der Waals surface area contributed by atoms with E-state index in [0.29, 0.717) is 5.92 Å². The summed E-state index contributed by atoms with van der Waals surface area (Å²) in [5, 5.41) is 0. The number of aromatic nitrogens is 2. The molecule has 2 unspecified atom stereocenters. The number of imidazole rings is 1. The third-order valence-electron chi connectivity index (χ3n) is 5.23. The molecule has 5 nitrogen and oxygen atoms in total. The van der Waals surface area contributed by atoms with Gasteiger partial charge in [0.2, 0.25) is 10.0 Å². The molecule has 0 saturated heterocycles. The summed E-state index contributed by atoms with van der Waals surface area (Å²) in [5.74, 6) is 1.11. The molecule has 1 aromatic heterocycles. The van der Waals surface area contributed by atoms with Gasteiger partial charge >= 0.3 is 0 Å². The smallest absolute Gasteiger partial charge is 0.240 e. The molecule has 0 amide bonds. The molecule has 3 aromatic rings. The third kappa shape index (κ3) is 3.39. The number of sulfonamides is 1. The van der Waals surface area contributed by atoms with Gasteiger partial charge in [-0.15, -0.1) is 0 Å². The van der Waals surface area contributed by atoms with Gasteiger partial charge in [0, 0.05) is 11.6 Å². The van der Waals surface area contributed by atoms with Gasteiger partial charge in [0.1, 0.15) is 5.82 Å². The second-order valence-corrected chi connectivity index (χ2v) is 8.83. The zero-order chi connectivity index (χ0) is 18.1. The summed E-state index contributed by atoms with van der Waals surface area (Å²) in [6.45, 7) is 2.12. The lowest BCUT2D eigenvalue weighted by atomic mass is 9.87. The van der Waals surface area contributed by atoms with Crippen molar-refractivity contribution in [3.63, 3.8) is 0 Å². The van der Waals surface area contributed by atoms with E-state index in [1.807, 2.05) is 30.3 Å². The van der Waals surface area contributed by atoms with Gasteiger partial charge in [-0.2, -0.15) is 0 Å². The number of aromatic amines is 1. The summed E-state index contributed by atoms with van der Waals surface area (Å²) < 4.78 is 28.5. The Bertz CT molecular complexity index is 1010. The van der Waals surface area contributed by atoms with E-state index >= 15 is 0 Å². The molecule has 136 valence electrons. The molecule has 4 rings (SSSR count). The molecule has 26 heavy (non-hydrogen) atoms. The fourth-order valence-electron chi connectivity index (χ4n) is 3.65. The van der Waals surface area contributed by atoms with E-state index in [9.17, 15) is 8.42 Å². The Morgan fingerprint density at radius 1 is 1.08 bits per heavy atom. The van der Waals surface area contributed by atoms with E-state index in [1.54, 1.807) is 18.2 Å². The van der Waals surface area contributed by atoms with Crippen LogP contribution in [0.4, 0.5) is 0 Å². The van der Waals surface area contributed by atoms with Crippen LogP contribution in [0.5, 0.6) is 0 Å². The molecule has 1 aliphatic rings. The number of fused-ring (bicyclic) bond motifs is 1. The Balaban J connectivity index is 1.64. The predicted molar refractivity (Wildman–Crippen MR) is 103 cm³/mol. The van der Waals surface area contributed by atoms with Gasteiger partial charge in [-0.1, -0.05) is 50.1 Å². The highest BCUT2D eigenvalue weighted by molar-refractivity contribution is 7.89. The van der Waals surface area contributed by atoms with Crippen LogP contribution in [-0.2, 0) is 10.0 Å². The van der Waals surface area contributed by atoms with Gasteiger partial charge in [-0.05, 0) is 37.0 Å². The molecule has 2 N–H and O–H groups in total. The Kier molecular flexibility index (Phi) is 4.54. The van der Waals surface area contributed by atoms with Gasteiger partial charge in [0.05, 0.1) is 15.9 Å². The van der Waals surface area contributed by atoms with E-state index in [1.165, 1.54) is 6.42 Å². The van der Waals surface area contributed by atoms with Crippen molar-refractivity contribution < 1.29 is 8.42 Å². The van der Waals surface area contributed by atoms with E-state index in [4.69, 9.17) is 0 Å². The van der Waals surface area contributed by atoms with Crippen molar-refractivity contribution in [3.05, 3.63) is 48.5 Å². The van der Waals surface area contributed by atoms with Crippen LogP contribution in [0, 0.1) is 5.92 Å². The maximum Gasteiger partial charge on any atom is 0.240 e. The summed E-state index contributed by atoms with van der Waals surface area (Å²) in [5.41, 5.74) is 2.46. The SMILES string of the molecule is CC1CCCCC1NS(=O)(=O)c1ccc2nc(-c3ccccc3)[nH]c2c1. The standard InChI is InChI=1S/C20H23N3O2S/c1-14-7-5-6-10-17(14)23-26(24,25)16-11-12-18-19(13-16)22-20(21-18)15-8-3-2-4-9-15/h2-4,8-9,11-14,17,23H,5-7,10H2,1H3,(H,21,22). The second-order valence-electron chi connectivity index (χ2n) is 7.12. The second kappa shape index (κ2) is 6.85. The molecule has 1 fully saturated rings. The van der Waals surface area contributed by atoms with Crippen molar-refractivity contribution in [1.82, 2.24) is 14.7 Å². The Morgan fingerprint density at radius 3 is 2.62 bits per heavy atom. The van der Waals surface area contributed by atoms with Crippen molar-refractivity contribution in [2.75, 3.05) is 0 Å². The first-order chi connectivity index (χ1) is 12.5. The van der Waals surface area contributed by atoms with Crippen LogP contribution in [-0.4, -0.2) is 24.4 Å². The number of nitrogens with zero attached hydrogens (tertiary/aromatic N) is 1. The van der Waals surface area contributed by atoms with Crippen LogP contribution in [0.25, 0.3) is 22.4 Å². The average molecular weight is 369 g/mol. The quantitative estimate of drug-likeness (QED) is 0.727. The summed E-state index contributed by atoms with van der Waals surface area (Å²) >= 11 is 0. The minimum atomic E-state index is -3.54. The lowest BCUT2D eigenvalue weighted by molar-refractivity contribution is 0.310. The average Bonchev–Trinajstić information content (AvgIpc) is 3.07. The summed E-state index contributed by atoms with van der Waals surface area (Å²) in [6.07, 6.45) is 4.25. The van der Waals surface area contributed by atoms with Crippen molar-refractivity contribution in [2.45, 2.75) is 43.5 Å². The minimum absolute atomic E-state index is 0.0195. The lowest BCUT2D eigenvalue weighted by Gasteiger charge is -2.29. The van der Waals surface area contributed by atoms with Crippen LogP contribution < -0.4 is 4.72 Å². The number of hydrogen-bond donors (Lipinski definition) is 2. The summed E-state index contributed by atoms with van der Waals surface area (Å²) in [4.78, 5) is 8.08. The Morgan fingerprint density at radius 2 is 1.85 bits per heavy atom. The fourth-order valence-corrected chi connectivity index (χ4v) is 5.05. The van der Waals surface area contributed by atoms with Crippen LogP contribution >= 0.6 is 0 Å². The highest BCUT2D eigenvalue weighted by Crippen LogP contribution is 2.27. The summed E-state index contributed by atoms with van der Waals surface area (Å²) in [6, 6.07) is 14.9. The maximum atomic E-state index is 12.8. The van der Waals surface area contributed by atoms with Crippen LogP contribution in [0.15, 0.2) is 53.4 Å². The van der Waals surface area contributed by atoms with Crippen molar-refractivity contribution in [3.8, 4) is 11.4 Å². The topological polar surface area (TPSA) is 74.8 Å². The van der Waals surface area contributed by atoms with E-state index in [2.05, 4.69) is 21.6 Å². The first-order valence-corrected chi connectivity index (χ1v) is 10.6. The number of rotatable bonds is 4. The first-order valence-electron chi connectivity index (χ1n) is 9.10. The zero-order valence-corrected chi connectivity index (χ0v) is 15.6. The third-order valence-corrected chi connectivity index (χ3v) is 6.72. The molecule has 1 heterocycles. The molecule has 1 saturated carbocycles. The van der Waals surface area contributed by atoms with Crippen molar-refractivity contribution in [2.24, 2.45) is 5.92 Å². The van der Waals surface area contributed by atoms with Gasteiger partial charge < -0.3 is 4.98 Å². The number of H-pyrrole nitrogens is 1. The molecule has 2 aromatic carbocycles. The van der Waals surface area contributed by atoms with Crippen LogP contribution in [0.3, 0.4) is 0 Å². The van der Waals surface area contributed by atoms with E-state index < -0.39 is 10.0 Å². The molecule has 0 bridgehead atoms. The number of nitrogens with one attached hydrogen (secondary N) is 2. The molecule has 6 heteroatoms. The molecular formula is C20H23N3O2S. The molecule has 0 radical (unpaired) electrons. The predicted octanol–water partition coefficient (Wildman–Crippen LogP) is 4.09. The van der Waals surface area contributed by atoms with Gasteiger partial charge in [0.15, 0.2) is 0 Å². The minimum Gasteiger partial charge on any atom is -0.338 e. The fraction of sp³-hybridized carbons (Fsp3) is 0.350. The van der Waals surface area contributed by atoms with Gasteiger partial charge in [-0.25, -0.2) is 18.1 Å². The van der Waals surface area contributed by atoms with Crippen molar-refractivity contribution in [1.29, 1.82) is 0 Å². The number of hydrogen-bond acceptors (Lipinski definition) is 3. The largest absolute Gasteiger partial charge is 0.338 e. The van der Waals surface area contributed by atoms with E-state index in [-0.39, 0.29) is 10.9 Å². The highest BCUT2D eigenvalue weighted by Gasteiger charge is 2.27. The maximum absolute atomic E-state index is 12.8. The summed E-state index contributed by atoms with van der Waals surface area (Å²) in [7, 11) is -3.54.